The van der Waals surface area contributed by atoms with Gasteiger partial charge in [-0.2, -0.15) is 0 Å². The minimum absolute atomic E-state index is 0.539. The van der Waals surface area contributed by atoms with Crippen LogP contribution in [-0.4, -0.2) is 19.6 Å². The largest absolute Gasteiger partial charge is 0.314 e. The van der Waals surface area contributed by atoms with Crippen molar-refractivity contribution in [3.63, 3.8) is 0 Å². The van der Waals surface area contributed by atoms with Crippen molar-refractivity contribution in [2.75, 3.05) is 19.6 Å². The van der Waals surface area contributed by atoms with Crippen LogP contribution in [0.1, 0.15) is 16.5 Å². The van der Waals surface area contributed by atoms with Crippen molar-refractivity contribution in [2.45, 2.75) is 13.0 Å². The number of rotatable bonds is 1. The Hall–Kier alpha value is -0.380. The van der Waals surface area contributed by atoms with Gasteiger partial charge in [0.05, 0.1) is 6.04 Å². The molecule has 0 unspecified atom stereocenters. The molecule has 12 heavy (non-hydrogen) atoms. The molecule has 0 amide bonds. The first kappa shape index (κ1) is 8.23. The number of nitrogens with one attached hydrogen (secondary N) is 2. The van der Waals surface area contributed by atoms with Crippen LogP contribution in [0.5, 0.6) is 0 Å². The summed E-state index contributed by atoms with van der Waals surface area (Å²) >= 11 is 1.85. The van der Waals surface area contributed by atoms with Gasteiger partial charge >= 0.3 is 0 Å². The predicted octanol–water partition coefficient (Wildman–Crippen LogP) is 1.29. The molecule has 1 fully saturated rings. The Morgan fingerprint density at radius 3 is 3.00 bits per heavy atom. The van der Waals surface area contributed by atoms with Crippen molar-refractivity contribution < 1.29 is 0 Å². The quantitative estimate of drug-likeness (QED) is 0.684. The second-order valence-electron chi connectivity index (χ2n) is 3.24. The maximum Gasteiger partial charge on any atom is 0.0542 e. The number of hydrogen-bond donors (Lipinski definition) is 2. The van der Waals surface area contributed by atoms with Gasteiger partial charge in [0.1, 0.15) is 0 Å². The Bertz CT molecular complexity index is 251. The lowest BCUT2D eigenvalue weighted by atomic mass is 10.2. The summed E-state index contributed by atoms with van der Waals surface area (Å²) in [5.74, 6) is 0. The van der Waals surface area contributed by atoms with Gasteiger partial charge in [-0.1, -0.05) is 0 Å². The Kier molecular flexibility index (Phi) is 2.44. The number of hydrogen-bond acceptors (Lipinski definition) is 3. The molecule has 0 spiro atoms. The molecule has 66 valence electrons. The van der Waals surface area contributed by atoms with Gasteiger partial charge in [0.15, 0.2) is 0 Å². The van der Waals surface area contributed by atoms with Crippen molar-refractivity contribution in [3.05, 3.63) is 21.9 Å². The number of piperazine rings is 1. The van der Waals surface area contributed by atoms with Crippen molar-refractivity contribution in [1.82, 2.24) is 10.6 Å². The van der Waals surface area contributed by atoms with Crippen LogP contribution in [0, 0.1) is 6.92 Å². The van der Waals surface area contributed by atoms with Crippen LogP contribution in [0.4, 0.5) is 0 Å². The Morgan fingerprint density at radius 1 is 1.50 bits per heavy atom. The molecule has 2 N–H and O–H groups in total. The van der Waals surface area contributed by atoms with Crippen LogP contribution in [0.15, 0.2) is 11.4 Å². The molecular formula is C9H14N2S. The Morgan fingerprint density at radius 2 is 2.42 bits per heavy atom. The van der Waals surface area contributed by atoms with Gasteiger partial charge in [0, 0.05) is 24.5 Å². The van der Waals surface area contributed by atoms with Gasteiger partial charge in [-0.05, 0) is 23.9 Å². The summed E-state index contributed by atoms with van der Waals surface area (Å²) in [5.41, 5.74) is 1.38. The Balaban J connectivity index is 2.08. The van der Waals surface area contributed by atoms with Crippen molar-refractivity contribution in [2.24, 2.45) is 0 Å². The molecule has 0 saturated carbocycles. The van der Waals surface area contributed by atoms with Crippen LogP contribution in [0.25, 0.3) is 0 Å². The zero-order valence-electron chi connectivity index (χ0n) is 7.26. The molecular weight excluding hydrogens is 168 g/mol. The first-order valence-electron chi connectivity index (χ1n) is 4.35. The van der Waals surface area contributed by atoms with Crippen molar-refractivity contribution in [1.29, 1.82) is 0 Å². The van der Waals surface area contributed by atoms with E-state index in [2.05, 4.69) is 29.0 Å². The zero-order valence-corrected chi connectivity index (χ0v) is 8.08. The average Bonchev–Trinajstić information content (AvgIpc) is 2.54. The van der Waals surface area contributed by atoms with E-state index in [0.717, 1.165) is 19.6 Å². The second-order valence-corrected chi connectivity index (χ2v) is 4.18. The molecule has 1 aliphatic heterocycles. The third-order valence-corrected chi connectivity index (χ3v) is 3.30. The van der Waals surface area contributed by atoms with Crippen LogP contribution in [0.2, 0.25) is 0 Å². The molecule has 1 atom stereocenters. The lowest BCUT2D eigenvalue weighted by molar-refractivity contribution is 0.435. The number of thiophene rings is 1. The summed E-state index contributed by atoms with van der Waals surface area (Å²) in [5, 5.41) is 9.10. The highest BCUT2D eigenvalue weighted by atomic mass is 32.1. The summed E-state index contributed by atoms with van der Waals surface area (Å²) in [6.45, 7) is 5.40. The monoisotopic (exact) mass is 182 g/mol. The van der Waals surface area contributed by atoms with E-state index in [1.165, 1.54) is 10.4 Å². The van der Waals surface area contributed by atoms with Gasteiger partial charge in [0.25, 0.3) is 0 Å². The van der Waals surface area contributed by atoms with E-state index in [-0.39, 0.29) is 0 Å². The highest BCUT2D eigenvalue weighted by Crippen LogP contribution is 2.21. The predicted molar refractivity (Wildman–Crippen MR) is 52.7 cm³/mol. The van der Waals surface area contributed by atoms with E-state index in [0.29, 0.717) is 6.04 Å². The fourth-order valence-electron chi connectivity index (χ4n) is 1.49. The fraction of sp³-hybridized carbons (Fsp3) is 0.556. The lowest BCUT2D eigenvalue weighted by Crippen LogP contribution is -2.42. The average molecular weight is 182 g/mol. The van der Waals surface area contributed by atoms with Gasteiger partial charge < -0.3 is 10.6 Å². The SMILES string of the molecule is Cc1csc([C@H]2CNCCN2)c1. The summed E-state index contributed by atoms with van der Waals surface area (Å²) < 4.78 is 0. The molecule has 1 aromatic rings. The molecule has 1 aliphatic rings. The van der Waals surface area contributed by atoms with Crippen molar-refractivity contribution in [3.8, 4) is 0 Å². The van der Waals surface area contributed by atoms with E-state index >= 15 is 0 Å². The maximum atomic E-state index is 3.50. The van der Waals surface area contributed by atoms with E-state index in [4.69, 9.17) is 0 Å². The third-order valence-electron chi connectivity index (χ3n) is 2.14. The molecule has 3 heteroatoms. The van der Waals surface area contributed by atoms with Crippen LogP contribution in [-0.2, 0) is 0 Å². The van der Waals surface area contributed by atoms with Gasteiger partial charge in [-0.25, -0.2) is 0 Å². The summed E-state index contributed by atoms with van der Waals surface area (Å²) in [6.07, 6.45) is 0. The van der Waals surface area contributed by atoms with E-state index < -0.39 is 0 Å². The zero-order chi connectivity index (χ0) is 8.39. The molecule has 0 aromatic carbocycles. The molecule has 2 rings (SSSR count). The summed E-state index contributed by atoms with van der Waals surface area (Å²) in [6, 6.07) is 2.81. The molecule has 0 aliphatic carbocycles. The summed E-state index contributed by atoms with van der Waals surface area (Å²) in [4.78, 5) is 1.46. The molecule has 1 aromatic heterocycles. The normalized spacial score (nSPS) is 24.2. The van der Waals surface area contributed by atoms with Crippen LogP contribution < -0.4 is 10.6 Å². The van der Waals surface area contributed by atoms with Crippen molar-refractivity contribution >= 4 is 11.3 Å². The molecule has 2 heterocycles. The first-order chi connectivity index (χ1) is 5.86. The van der Waals surface area contributed by atoms with E-state index in [1.807, 2.05) is 11.3 Å². The van der Waals surface area contributed by atoms with E-state index in [9.17, 15) is 0 Å². The standard InChI is InChI=1S/C9H14N2S/c1-7-4-9(12-6-7)8-5-10-2-3-11-8/h4,6,8,10-11H,2-3,5H2,1H3/t8-/m1/s1. The van der Waals surface area contributed by atoms with Crippen LogP contribution in [0.3, 0.4) is 0 Å². The minimum atomic E-state index is 0.539. The minimum Gasteiger partial charge on any atom is -0.314 e. The molecule has 2 nitrogen and oxygen atoms in total. The molecule has 0 bridgehead atoms. The van der Waals surface area contributed by atoms with E-state index in [1.54, 1.807) is 0 Å². The topological polar surface area (TPSA) is 24.1 Å². The van der Waals surface area contributed by atoms with Gasteiger partial charge in [-0.3, -0.25) is 0 Å². The van der Waals surface area contributed by atoms with Crippen LogP contribution >= 0.6 is 11.3 Å². The smallest absolute Gasteiger partial charge is 0.0542 e. The summed E-state index contributed by atoms with van der Waals surface area (Å²) in [7, 11) is 0. The molecule has 1 saturated heterocycles. The highest BCUT2D eigenvalue weighted by Gasteiger charge is 2.14. The molecule has 0 radical (unpaired) electrons. The third kappa shape index (κ3) is 1.68. The fourth-order valence-corrected chi connectivity index (χ4v) is 2.47. The van der Waals surface area contributed by atoms with Gasteiger partial charge in [-0.15, -0.1) is 11.3 Å². The second kappa shape index (κ2) is 3.56. The Labute approximate surface area is 77.0 Å². The van der Waals surface area contributed by atoms with Gasteiger partial charge in [0.2, 0.25) is 0 Å². The number of aryl methyl sites for hydroxylation is 1. The highest BCUT2D eigenvalue weighted by molar-refractivity contribution is 7.10. The maximum absolute atomic E-state index is 3.50. The lowest BCUT2D eigenvalue weighted by Gasteiger charge is -2.23. The first-order valence-corrected chi connectivity index (χ1v) is 5.23.